The lowest BCUT2D eigenvalue weighted by atomic mass is 10.1. The van der Waals surface area contributed by atoms with Crippen molar-refractivity contribution >= 4 is 28.5 Å². The van der Waals surface area contributed by atoms with Gasteiger partial charge in [-0.15, -0.1) is 0 Å². The Hall–Kier alpha value is -1.52. The molecule has 0 saturated carbocycles. The van der Waals surface area contributed by atoms with E-state index in [-0.39, 0.29) is 0 Å². The molecule has 0 spiro atoms. The summed E-state index contributed by atoms with van der Waals surface area (Å²) >= 11 is 5.97. The highest BCUT2D eigenvalue weighted by Crippen LogP contribution is 2.31. The molecule has 3 N–H and O–H groups in total. The smallest absolute Gasteiger partial charge is 0.337 e. The number of carboxylic acids is 1. The first kappa shape index (κ1) is 11.0. The number of carboxylic acid groups (broad SMARTS) is 1. The molecular formula is C11H10ClNO3. The first-order chi connectivity index (χ1) is 7.52. The highest BCUT2D eigenvalue weighted by atomic mass is 35.5. The fourth-order valence-electron chi connectivity index (χ4n) is 1.81. The summed E-state index contributed by atoms with van der Waals surface area (Å²) < 4.78 is 0. The Kier molecular flexibility index (Phi) is 2.61. The zero-order valence-corrected chi connectivity index (χ0v) is 9.25. The Morgan fingerprint density at radius 3 is 2.81 bits per heavy atom. The molecular weight excluding hydrogens is 230 g/mol. The van der Waals surface area contributed by atoms with Crippen molar-refractivity contribution in [2.24, 2.45) is 0 Å². The van der Waals surface area contributed by atoms with E-state index in [0.29, 0.717) is 27.2 Å². The summed E-state index contributed by atoms with van der Waals surface area (Å²) in [6, 6.07) is 5.15. The van der Waals surface area contributed by atoms with E-state index in [4.69, 9.17) is 16.7 Å². The van der Waals surface area contributed by atoms with E-state index < -0.39 is 12.1 Å². The summed E-state index contributed by atoms with van der Waals surface area (Å²) in [6.45, 7) is 1.71. The van der Waals surface area contributed by atoms with Crippen LogP contribution in [-0.4, -0.2) is 21.2 Å². The Morgan fingerprint density at radius 1 is 1.50 bits per heavy atom. The molecule has 2 aromatic rings. The molecule has 0 aliphatic rings. The van der Waals surface area contributed by atoms with Gasteiger partial charge >= 0.3 is 5.97 Å². The fourth-order valence-corrected chi connectivity index (χ4v) is 2.03. The zero-order valence-electron chi connectivity index (χ0n) is 8.49. The Bertz CT molecular complexity index is 562. The number of benzene rings is 1. The third kappa shape index (κ3) is 1.56. The van der Waals surface area contributed by atoms with Crippen LogP contribution in [-0.2, 0) is 4.79 Å². The molecule has 1 aromatic carbocycles. The standard InChI is InChI=1S/C11H10ClNO3/c1-5-8(10(14)11(15)16)6-3-2-4-7(12)9(6)13-5/h2-4,10,13-14H,1H3,(H,15,16). The van der Waals surface area contributed by atoms with Crippen LogP contribution in [0.15, 0.2) is 18.2 Å². The average Bonchev–Trinajstić information content (AvgIpc) is 2.55. The van der Waals surface area contributed by atoms with Gasteiger partial charge in [-0.1, -0.05) is 23.7 Å². The highest BCUT2D eigenvalue weighted by Gasteiger charge is 2.23. The van der Waals surface area contributed by atoms with Crippen molar-refractivity contribution in [3.8, 4) is 0 Å². The second kappa shape index (κ2) is 3.81. The van der Waals surface area contributed by atoms with Gasteiger partial charge in [0.05, 0.1) is 10.5 Å². The molecule has 0 fully saturated rings. The summed E-state index contributed by atoms with van der Waals surface area (Å²) in [5.74, 6) is -1.27. The maximum absolute atomic E-state index is 10.8. The third-order valence-electron chi connectivity index (χ3n) is 2.53. The number of aliphatic carboxylic acids is 1. The minimum Gasteiger partial charge on any atom is -0.479 e. The van der Waals surface area contributed by atoms with Crippen LogP contribution < -0.4 is 0 Å². The van der Waals surface area contributed by atoms with E-state index in [2.05, 4.69) is 4.98 Å². The van der Waals surface area contributed by atoms with Gasteiger partial charge in [-0.3, -0.25) is 0 Å². The third-order valence-corrected chi connectivity index (χ3v) is 2.84. The van der Waals surface area contributed by atoms with Crippen molar-refractivity contribution in [2.45, 2.75) is 13.0 Å². The molecule has 0 aliphatic carbocycles. The van der Waals surface area contributed by atoms with Gasteiger partial charge in [0.15, 0.2) is 6.10 Å². The molecule has 1 unspecified atom stereocenters. The van der Waals surface area contributed by atoms with Gasteiger partial charge in [-0.25, -0.2) is 4.79 Å². The van der Waals surface area contributed by atoms with Crippen LogP contribution >= 0.6 is 11.6 Å². The topological polar surface area (TPSA) is 73.3 Å². The van der Waals surface area contributed by atoms with E-state index in [9.17, 15) is 9.90 Å². The van der Waals surface area contributed by atoms with Gasteiger partial charge in [0.25, 0.3) is 0 Å². The molecule has 1 heterocycles. The summed E-state index contributed by atoms with van der Waals surface area (Å²) in [4.78, 5) is 13.8. The maximum Gasteiger partial charge on any atom is 0.337 e. The van der Waals surface area contributed by atoms with Gasteiger partial charge in [-0.2, -0.15) is 0 Å². The largest absolute Gasteiger partial charge is 0.479 e. The lowest BCUT2D eigenvalue weighted by molar-refractivity contribution is -0.146. The molecule has 2 rings (SSSR count). The van der Waals surface area contributed by atoms with Crippen LogP contribution in [0.25, 0.3) is 10.9 Å². The molecule has 5 heteroatoms. The lowest BCUT2D eigenvalue weighted by Gasteiger charge is -2.05. The van der Waals surface area contributed by atoms with Crippen LogP contribution in [0.2, 0.25) is 5.02 Å². The lowest BCUT2D eigenvalue weighted by Crippen LogP contribution is -2.11. The van der Waals surface area contributed by atoms with Gasteiger partial charge in [0.2, 0.25) is 0 Å². The molecule has 1 aromatic heterocycles. The quantitative estimate of drug-likeness (QED) is 0.753. The van der Waals surface area contributed by atoms with Crippen molar-refractivity contribution < 1.29 is 15.0 Å². The number of aryl methyl sites for hydroxylation is 1. The Balaban J connectivity index is 2.74. The Labute approximate surface area is 96.5 Å². The van der Waals surface area contributed by atoms with E-state index in [0.717, 1.165) is 0 Å². The molecule has 0 amide bonds. The summed E-state index contributed by atoms with van der Waals surface area (Å²) in [5.41, 5.74) is 1.62. The van der Waals surface area contributed by atoms with Crippen LogP contribution in [0.5, 0.6) is 0 Å². The minimum absolute atomic E-state index is 0.366. The number of para-hydroxylation sites is 1. The number of nitrogens with one attached hydrogen (secondary N) is 1. The fraction of sp³-hybridized carbons (Fsp3) is 0.182. The van der Waals surface area contributed by atoms with Crippen molar-refractivity contribution in [1.82, 2.24) is 4.98 Å². The molecule has 84 valence electrons. The SMILES string of the molecule is Cc1[nH]c2c(Cl)cccc2c1C(O)C(=O)O. The predicted octanol–water partition coefficient (Wildman–Crippen LogP) is 2.25. The second-order valence-electron chi connectivity index (χ2n) is 3.57. The van der Waals surface area contributed by atoms with Crippen molar-refractivity contribution in [3.05, 3.63) is 34.5 Å². The normalized spacial score (nSPS) is 12.9. The van der Waals surface area contributed by atoms with E-state index >= 15 is 0 Å². The van der Waals surface area contributed by atoms with Gasteiger partial charge < -0.3 is 15.2 Å². The van der Waals surface area contributed by atoms with Crippen LogP contribution in [0.3, 0.4) is 0 Å². The van der Waals surface area contributed by atoms with Gasteiger partial charge in [0.1, 0.15) is 0 Å². The van der Waals surface area contributed by atoms with E-state index in [1.165, 1.54) is 0 Å². The van der Waals surface area contributed by atoms with Crippen LogP contribution in [0.4, 0.5) is 0 Å². The van der Waals surface area contributed by atoms with Crippen molar-refractivity contribution in [1.29, 1.82) is 0 Å². The van der Waals surface area contributed by atoms with E-state index in [1.807, 2.05) is 0 Å². The molecule has 0 bridgehead atoms. The molecule has 0 saturated heterocycles. The number of aromatic amines is 1. The Morgan fingerprint density at radius 2 is 2.19 bits per heavy atom. The average molecular weight is 240 g/mol. The van der Waals surface area contributed by atoms with E-state index in [1.54, 1.807) is 25.1 Å². The first-order valence-corrected chi connectivity index (χ1v) is 5.07. The number of carbonyl (C=O) groups is 1. The zero-order chi connectivity index (χ0) is 11.9. The second-order valence-corrected chi connectivity index (χ2v) is 3.97. The number of halogens is 1. The first-order valence-electron chi connectivity index (χ1n) is 4.70. The van der Waals surface area contributed by atoms with Crippen LogP contribution in [0.1, 0.15) is 17.4 Å². The summed E-state index contributed by atoms with van der Waals surface area (Å²) in [5, 5.41) is 19.5. The van der Waals surface area contributed by atoms with Crippen LogP contribution in [0, 0.1) is 6.92 Å². The molecule has 1 atom stereocenters. The molecule has 0 aliphatic heterocycles. The molecule has 0 radical (unpaired) electrons. The molecule has 16 heavy (non-hydrogen) atoms. The number of hydrogen-bond acceptors (Lipinski definition) is 2. The maximum atomic E-state index is 10.8. The number of aliphatic hydroxyl groups excluding tert-OH is 1. The van der Waals surface area contributed by atoms with Gasteiger partial charge in [-0.05, 0) is 13.0 Å². The number of rotatable bonds is 2. The van der Waals surface area contributed by atoms with Gasteiger partial charge in [0, 0.05) is 16.6 Å². The highest BCUT2D eigenvalue weighted by molar-refractivity contribution is 6.35. The predicted molar refractivity (Wildman–Crippen MR) is 60.6 cm³/mol. The van der Waals surface area contributed by atoms with Crippen molar-refractivity contribution in [3.63, 3.8) is 0 Å². The molecule has 4 nitrogen and oxygen atoms in total. The summed E-state index contributed by atoms with van der Waals surface area (Å²) in [7, 11) is 0. The number of H-pyrrole nitrogens is 1. The number of hydrogen-bond donors (Lipinski definition) is 3. The number of fused-ring (bicyclic) bond motifs is 1. The number of aromatic nitrogens is 1. The minimum atomic E-state index is -1.53. The number of aliphatic hydroxyl groups is 1. The van der Waals surface area contributed by atoms with Crippen molar-refractivity contribution in [2.75, 3.05) is 0 Å². The monoisotopic (exact) mass is 239 g/mol. The summed E-state index contributed by atoms with van der Waals surface area (Å²) in [6.07, 6.45) is -1.53.